The molecule has 6 nitrogen and oxygen atoms in total. The molecule has 0 spiro atoms. The molecule has 0 bridgehead atoms. The first-order chi connectivity index (χ1) is 11.1. The Morgan fingerprint density at radius 2 is 1.61 bits per heavy atom. The van der Waals surface area contributed by atoms with Gasteiger partial charge >= 0.3 is 0 Å². The van der Waals surface area contributed by atoms with Crippen molar-refractivity contribution in [1.82, 2.24) is 14.7 Å². The molecule has 2 N–H and O–H groups in total. The Morgan fingerprint density at radius 1 is 0.913 bits per heavy atom. The van der Waals surface area contributed by atoms with Gasteiger partial charge in [-0.3, -0.25) is 19.4 Å². The number of rotatable bonds is 4. The summed E-state index contributed by atoms with van der Waals surface area (Å²) < 4.78 is 0. The van der Waals surface area contributed by atoms with Crippen LogP contribution in [-0.4, -0.2) is 78.4 Å². The van der Waals surface area contributed by atoms with E-state index >= 15 is 0 Å². The van der Waals surface area contributed by atoms with E-state index in [0.717, 1.165) is 65.0 Å². The molecule has 3 aliphatic rings. The lowest BCUT2D eigenvalue weighted by Gasteiger charge is -2.42. The van der Waals surface area contributed by atoms with Gasteiger partial charge in [-0.05, 0) is 45.1 Å². The molecule has 3 heterocycles. The molecule has 0 aromatic rings. The number of nitrogens with zero attached hydrogens (tertiary/aromatic N) is 3. The normalized spacial score (nSPS) is 28.2. The lowest BCUT2D eigenvalue weighted by Crippen LogP contribution is -2.51. The molecule has 6 heteroatoms. The van der Waals surface area contributed by atoms with Crippen LogP contribution in [0.15, 0.2) is 0 Å². The molecule has 3 aliphatic heterocycles. The zero-order valence-corrected chi connectivity index (χ0v) is 14.1. The Hall–Kier alpha value is -1.14. The molecule has 1 atom stereocenters. The summed E-state index contributed by atoms with van der Waals surface area (Å²) in [5.41, 5.74) is 5.28. The van der Waals surface area contributed by atoms with Crippen LogP contribution >= 0.6 is 0 Å². The Bertz CT molecular complexity index is 428. The highest BCUT2D eigenvalue weighted by atomic mass is 16.2. The highest BCUT2D eigenvalue weighted by molar-refractivity contribution is 5.79. The predicted molar refractivity (Wildman–Crippen MR) is 88.8 cm³/mol. The lowest BCUT2D eigenvalue weighted by atomic mass is 9.93. The largest absolute Gasteiger partial charge is 0.369 e. The first-order valence-electron chi connectivity index (χ1n) is 9.17. The fourth-order valence-electron chi connectivity index (χ4n) is 4.40. The first-order valence-corrected chi connectivity index (χ1v) is 9.17. The fourth-order valence-corrected chi connectivity index (χ4v) is 4.40. The number of piperidine rings is 2. The SMILES string of the molecule is NC(=O)CN1CCC(N2CCCC(C(=O)N3CCCC3)C2)CC1. The highest BCUT2D eigenvalue weighted by Crippen LogP contribution is 2.26. The molecule has 0 aliphatic carbocycles. The molecular weight excluding hydrogens is 292 g/mol. The summed E-state index contributed by atoms with van der Waals surface area (Å²) in [6, 6.07) is 0.563. The Labute approximate surface area is 139 Å². The van der Waals surface area contributed by atoms with Crippen LogP contribution < -0.4 is 5.73 Å². The number of nitrogens with two attached hydrogens (primary N) is 1. The molecule has 0 radical (unpaired) electrons. The number of primary amides is 1. The van der Waals surface area contributed by atoms with Crippen LogP contribution in [0.25, 0.3) is 0 Å². The van der Waals surface area contributed by atoms with E-state index in [0.29, 0.717) is 18.5 Å². The van der Waals surface area contributed by atoms with Gasteiger partial charge in [-0.1, -0.05) is 0 Å². The van der Waals surface area contributed by atoms with Gasteiger partial charge in [0.15, 0.2) is 0 Å². The van der Waals surface area contributed by atoms with E-state index in [-0.39, 0.29) is 11.8 Å². The van der Waals surface area contributed by atoms with E-state index < -0.39 is 0 Å². The highest BCUT2D eigenvalue weighted by Gasteiger charge is 2.34. The summed E-state index contributed by atoms with van der Waals surface area (Å²) in [4.78, 5) is 30.4. The number of carbonyl (C=O) groups is 2. The second-order valence-corrected chi connectivity index (χ2v) is 7.34. The molecule has 23 heavy (non-hydrogen) atoms. The van der Waals surface area contributed by atoms with Crippen LogP contribution in [0.4, 0.5) is 0 Å². The van der Waals surface area contributed by atoms with Gasteiger partial charge in [-0.25, -0.2) is 0 Å². The maximum absolute atomic E-state index is 12.6. The molecule has 3 rings (SSSR count). The summed E-state index contributed by atoms with van der Waals surface area (Å²) >= 11 is 0. The topological polar surface area (TPSA) is 69.9 Å². The fraction of sp³-hybridized carbons (Fsp3) is 0.882. The van der Waals surface area contributed by atoms with E-state index in [1.807, 2.05) is 0 Å². The predicted octanol–water partition coefficient (Wildman–Crippen LogP) is 0.271. The Morgan fingerprint density at radius 3 is 2.26 bits per heavy atom. The van der Waals surface area contributed by atoms with E-state index in [1.165, 1.54) is 12.8 Å². The van der Waals surface area contributed by atoms with E-state index in [1.54, 1.807) is 0 Å². The third kappa shape index (κ3) is 4.23. The van der Waals surface area contributed by atoms with Gasteiger partial charge in [-0.2, -0.15) is 0 Å². The van der Waals surface area contributed by atoms with Gasteiger partial charge in [0, 0.05) is 38.8 Å². The van der Waals surface area contributed by atoms with Crippen LogP contribution in [0.5, 0.6) is 0 Å². The molecule has 2 amide bonds. The third-order valence-electron chi connectivity index (χ3n) is 5.67. The van der Waals surface area contributed by atoms with Crippen molar-refractivity contribution in [3.8, 4) is 0 Å². The third-order valence-corrected chi connectivity index (χ3v) is 5.67. The van der Waals surface area contributed by atoms with Crippen LogP contribution in [0.2, 0.25) is 0 Å². The number of hydrogen-bond donors (Lipinski definition) is 1. The van der Waals surface area contributed by atoms with Crippen molar-refractivity contribution in [3.05, 3.63) is 0 Å². The molecule has 1 unspecified atom stereocenters. The van der Waals surface area contributed by atoms with Crippen molar-refractivity contribution < 1.29 is 9.59 Å². The first kappa shape index (κ1) is 16.7. The van der Waals surface area contributed by atoms with Gasteiger partial charge in [0.1, 0.15) is 0 Å². The maximum Gasteiger partial charge on any atom is 0.231 e. The monoisotopic (exact) mass is 322 g/mol. The Balaban J connectivity index is 1.49. The van der Waals surface area contributed by atoms with Gasteiger partial charge in [0.2, 0.25) is 11.8 Å². The smallest absolute Gasteiger partial charge is 0.231 e. The molecule has 0 saturated carbocycles. The summed E-state index contributed by atoms with van der Waals surface area (Å²) in [7, 11) is 0. The van der Waals surface area contributed by atoms with Crippen molar-refractivity contribution >= 4 is 11.8 Å². The van der Waals surface area contributed by atoms with E-state index in [9.17, 15) is 9.59 Å². The molecule has 3 fully saturated rings. The van der Waals surface area contributed by atoms with Gasteiger partial charge in [-0.15, -0.1) is 0 Å². The minimum Gasteiger partial charge on any atom is -0.369 e. The van der Waals surface area contributed by atoms with Crippen LogP contribution in [0.1, 0.15) is 38.5 Å². The van der Waals surface area contributed by atoms with Crippen LogP contribution in [0.3, 0.4) is 0 Å². The summed E-state index contributed by atoms with van der Waals surface area (Å²) in [5.74, 6) is 0.349. The average Bonchev–Trinajstić information content (AvgIpc) is 3.09. The molecule has 130 valence electrons. The van der Waals surface area contributed by atoms with Gasteiger partial charge in [0.25, 0.3) is 0 Å². The standard InChI is InChI=1S/C17H30N4O2/c18-16(22)13-19-10-5-15(6-11-19)21-9-3-4-14(12-21)17(23)20-7-1-2-8-20/h14-15H,1-13H2,(H2,18,22). The number of amides is 2. The molecule has 0 aromatic carbocycles. The van der Waals surface area contributed by atoms with Crippen molar-refractivity contribution in [3.63, 3.8) is 0 Å². The lowest BCUT2D eigenvalue weighted by molar-refractivity contribution is -0.136. The average molecular weight is 322 g/mol. The summed E-state index contributed by atoms with van der Waals surface area (Å²) in [5, 5.41) is 0. The molecule has 3 saturated heterocycles. The minimum absolute atomic E-state index is 0.200. The van der Waals surface area contributed by atoms with Crippen molar-refractivity contribution in [2.75, 3.05) is 45.8 Å². The maximum atomic E-state index is 12.6. The second kappa shape index (κ2) is 7.62. The van der Waals surface area contributed by atoms with Gasteiger partial charge < -0.3 is 10.6 Å². The van der Waals surface area contributed by atoms with Crippen LogP contribution in [-0.2, 0) is 9.59 Å². The Kier molecular flexibility index (Phi) is 5.54. The second-order valence-electron chi connectivity index (χ2n) is 7.34. The minimum atomic E-state index is -0.238. The molecule has 0 aromatic heterocycles. The quantitative estimate of drug-likeness (QED) is 0.807. The van der Waals surface area contributed by atoms with Crippen LogP contribution in [0, 0.1) is 5.92 Å². The summed E-state index contributed by atoms with van der Waals surface area (Å²) in [6.07, 6.45) is 6.68. The zero-order valence-electron chi connectivity index (χ0n) is 14.1. The number of carbonyl (C=O) groups excluding carboxylic acids is 2. The summed E-state index contributed by atoms with van der Waals surface area (Å²) in [6.45, 7) is 6.22. The van der Waals surface area contributed by atoms with Gasteiger partial charge in [0.05, 0.1) is 12.5 Å². The van der Waals surface area contributed by atoms with E-state index in [4.69, 9.17) is 5.73 Å². The van der Waals surface area contributed by atoms with Crippen molar-refractivity contribution in [1.29, 1.82) is 0 Å². The number of hydrogen-bond acceptors (Lipinski definition) is 4. The van der Waals surface area contributed by atoms with E-state index in [2.05, 4.69) is 14.7 Å². The number of likely N-dealkylation sites (tertiary alicyclic amines) is 3. The van der Waals surface area contributed by atoms with Crippen molar-refractivity contribution in [2.24, 2.45) is 11.7 Å². The zero-order chi connectivity index (χ0) is 16.2. The molecular formula is C17H30N4O2. The van der Waals surface area contributed by atoms with Crippen molar-refractivity contribution in [2.45, 2.75) is 44.6 Å².